The molecule has 67 heavy (non-hydrogen) atoms. The van der Waals surface area contributed by atoms with Gasteiger partial charge in [-0.15, -0.1) is 11.3 Å². The van der Waals surface area contributed by atoms with Gasteiger partial charge in [0.2, 0.25) is 5.82 Å². The van der Waals surface area contributed by atoms with Gasteiger partial charge in [-0.05, 0) is 142 Å². The Bertz CT molecular complexity index is 3090. The summed E-state index contributed by atoms with van der Waals surface area (Å²) in [5, 5.41) is 0. The normalized spacial score (nSPS) is 15.4. The molecular formula is C62H48N4S. The second-order valence-corrected chi connectivity index (χ2v) is 18.7. The SMILES string of the molecule is CC#Cc1ncc(C2=CC3C(C=C2)c2ccc(-c4cc(-c5ccc(N(c6ccccc6)c6ccccc6)cc5)c(-c5ccc(N(c6ccccc6)c6ccccc6)cc5)s4)cc2C3(C)C)cn1. The molecule has 5 heteroatoms. The highest BCUT2D eigenvalue weighted by atomic mass is 32.1. The van der Waals surface area contributed by atoms with Gasteiger partial charge in [0.05, 0.1) is 0 Å². The second kappa shape index (κ2) is 17.7. The average Bonchev–Trinajstić information content (AvgIpc) is 3.93. The van der Waals surface area contributed by atoms with Crippen molar-refractivity contribution in [2.45, 2.75) is 32.1 Å². The van der Waals surface area contributed by atoms with Crippen LogP contribution in [-0.2, 0) is 5.41 Å². The van der Waals surface area contributed by atoms with Crippen molar-refractivity contribution in [3.05, 3.63) is 247 Å². The molecule has 322 valence electrons. The lowest BCUT2D eigenvalue weighted by molar-refractivity contribution is 0.395. The predicted molar refractivity (Wildman–Crippen MR) is 281 cm³/mol. The van der Waals surface area contributed by atoms with Crippen LogP contribution in [0.2, 0.25) is 0 Å². The van der Waals surface area contributed by atoms with Crippen LogP contribution in [-0.4, -0.2) is 9.97 Å². The Balaban J connectivity index is 0.984. The standard InChI is InChI=1S/C62H48N4S/c1-4-17-60-63-41-47(42-64-60)45-30-36-54-55-37-31-46(39-58(55)62(2,3)57(54)38-45)59-40-56(43-26-32-52(33-27-43)65(48-18-9-5-10-19-48)49-20-11-6-12-21-49)61(67-59)44-28-34-53(35-29-44)66(50-22-13-7-14-23-50)51-24-15-8-16-25-51/h5-16,18-42,54,57H,1-3H3. The Hall–Kier alpha value is -8.04. The van der Waals surface area contributed by atoms with Crippen LogP contribution in [0.1, 0.15) is 49.2 Å². The summed E-state index contributed by atoms with van der Waals surface area (Å²) in [6.07, 6.45) is 10.9. The molecule has 0 N–H and O–H groups in total. The van der Waals surface area contributed by atoms with Crippen molar-refractivity contribution in [1.82, 2.24) is 9.97 Å². The van der Waals surface area contributed by atoms with Gasteiger partial charge in [-0.25, -0.2) is 9.97 Å². The largest absolute Gasteiger partial charge is 0.311 e. The minimum atomic E-state index is -0.0954. The molecule has 11 rings (SSSR count). The van der Waals surface area contributed by atoms with E-state index in [0.29, 0.717) is 17.7 Å². The van der Waals surface area contributed by atoms with Crippen molar-refractivity contribution in [3.8, 4) is 43.8 Å². The molecule has 2 aliphatic rings. The maximum Gasteiger partial charge on any atom is 0.204 e. The number of hydrogen-bond donors (Lipinski definition) is 0. The number of allylic oxidation sites excluding steroid dienone is 4. The molecule has 4 nitrogen and oxygen atoms in total. The van der Waals surface area contributed by atoms with E-state index in [0.717, 1.165) is 45.3 Å². The van der Waals surface area contributed by atoms with Gasteiger partial charge in [0.15, 0.2) is 0 Å². The van der Waals surface area contributed by atoms with Gasteiger partial charge in [0.1, 0.15) is 0 Å². The van der Waals surface area contributed by atoms with Gasteiger partial charge >= 0.3 is 0 Å². The van der Waals surface area contributed by atoms with E-state index in [2.05, 4.69) is 258 Å². The third-order valence-electron chi connectivity index (χ3n) is 13.3. The highest BCUT2D eigenvalue weighted by Crippen LogP contribution is 2.55. The molecule has 2 heterocycles. The fourth-order valence-electron chi connectivity index (χ4n) is 9.93. The molecule has 0 fully saturated rings. The fraction of sp³-hybridized carbons (Fsp3) is 0.0968. The molecule has 9 aromatic rings. The first-order valence-corrected chi connectivity index (χ1v) is 23.7. The van der Waals surface area contributed by atoms with Crippen molar-refractivity contribution < 1.29 is 0 Å². The molecule has 0 saturated carbocycles. The van der Waals surface area contributed by atoms with E-state index in [1.54, 1.807) is 0 Å². The molecule has 0 spiro atoms. The van der Waals surface area contributed by atoms with E-state index < -0.39 is 0 Å². The van der Waals surface area contributed by atoms with Crippen molar-refractivity contribution in [3.63, 3.8) is 0 Å². The number of thiophene rings is 1. The minimum Gasteiger partial charge on any atom is -0.311 e. The van der Waals surface area contributed by atoms with Crippen molar-refractivity contribution in [2.75, 3.05) is 9.80 Å². The molecule has 7 aromatic carbocycles. The molecule has 0 amide bonds. The molecule has 2 atom stereocenters. The number of para-hydroxylation sites is 4. The monoisotopic (exact) mass is 880 g/mol. The average molecular weight is 881 g/mol. The summed E-state index contributed by atoms with van der Waals surface area (Å²) in [6, 6.07) is 70.2. The summed E-state index contributed by atoms with van der Waals surface area (Å²) >= 11 is 1.87. The Morgan fingerprint density at radius 2 is 1.00 bits per heavy atom. The molecule has 2 aromatic heterocycles. The molecule has 2 aliphatic carbocycles. The van der Waals surface area contributed by atoms with E-state index in [1.165, 1.54) is 43.1 Å². The third-order valence-corrected chi connectivity index (χ3v) is 14.5. The van der Waals surface area contributed by atoms with Crippen LogP contribution < -0.4 is 9.80 Å². The van der Waals surface area contributed by atoms with E-state index in [1.807, 2.05) is 30.7 Å². The summed E-state index contributed by atoms with van der Waals surface area (Å²) in [6.45, 7) is 6.61. The lowest BCUT2D eigenvalue weighted by Crippen LogP contribution is -2.25. The molecule has 0 saturated heterocycles. The van der Waals surface area contributed by atoms with Crippen molar-refractivity contribution in [2.24, 2.45) is 5.92 Å². The van der Waals surface area contributed by atoms with Crippen LogP contribution in [0, 0.1) is 17.8 Å². The summed E-state index contributed by atoms with van der Waals surface area (Å²) in [7, 11) is 0. The number of hydrogen-bond acceptors (Lipinski definition) is 5. The zero-order valence-corrected chi connectivity index (χ0v) is 38.5. The fourth-order valence-corrected chi connectivity index (χ4v) is 11.1. The first-order chi connectivity index (χ1) is 32.9. The lowest BCUT2D eigenvalue weighted by Gasteiger charge is -2.31. The van der Waals surface area contributed by atoms with E-state index in [9.17, 15) is 0 Å². The lowest BCUT2D eigenvalue weighted by atomic mass is 9.73. The highest BCUT2D eigenvalue weighted by molar-refractivity contribution is 7.19. The van der Waals surface area contributed by atoms with Crippen LogP contribution in [0.5, 0.6) is 0 Å². The number of nitrogens with zero attached hydrogens (tertiary/aromatic N) is 4. The summed E-state index contributed by atoms with van der Waals surface area (Å²) in [4.78, 5) is 16.2. The first kappa shape index (κ1) is 41.7. The molecular weight excluding hydrogens is 833 g/mol. The number of anilines is 6. The summed E-state index contributed by atoms with van der Waals surface area (Å²) in [5.74, 6) is 7.02. The molecule has 0 aliphatic heterocycles. The van der Waals surface area contributed by atoms with Gasteiger partial charge in [0, 0.05) is 73.3 Å². The number of benzene rings is 7. The molecule has 2 unspecified atom stereocenters. The van der Waals surface area contributed by atoms with Crippen molar-refractivity contribution in [1.29, 1.82) is 0 Å². The van der Waals surface area contributed by atoms with Crippen LogP contribution in [0.3, 0.4) is 0 Å². The Labute approximate surface area is 397 Å². The van der Waals surface area contributed by atoms with Gasteiger partial charge < -0.3 is 9.80 Å². The Morgan fingerprint density at radius 3 is 1.51 bits per heavy atom. The van der Waals surface area contributed by atoms with Crippen LogP contribution in [0.15, 0.2) is 225 Å². The first-order valence-electron chi connectivity index (χ1n) is 22.9. The number of rotatable bonds is 10. The minimum absolute atomic E-state index is 0.0954. The maximum absolute atomic E-state index is 4.51. The van der Waals surface area contributed by atoms with Crippen LogP contribution in [0.4, 0.5) is 34.1 Å². The van der Waals surface area contributed by atoms with E-state index >= 15 is 0 Å². The van der Waals surface area contributed by atoms with Gasteiger partial charge in [-0.2, -0.15) is 0 Å². The zero-order valence-electron chi connectivity index (χ0n) is 37.7. The smallest absolute Gasteiger partial charge is 0.204 e. The van der Waals surface area contributed by atoms with Crippen LogP contribution >= 0.6 is 11.3 Å². The third kappa shape index (κ3) is 7.96. The van der Waals surface area contributed by atoms with Crippen molar-refractivity contribution >= 4 is 51.0 Å². The van der Waals surface area contributed by atoms with E-state index in [-0.39, 0.29) is 5.41 Å². The number of fused-ring (bicyclic) bond motifs is 3. The van der Waals surface area contributed by atoms with E-state index in [4.69, 9.17) is 0 Å². The molecule has 0 radical (unpaired) electrons. The Morgan fingerprint density at radius 1 is 0.522 bits per heavy atom. The topological polar surface area (TPSA) is 32.3 Å². The maximum atomic E-state index is 4.51. The van der Waals surface area contributed by atoms with Gasteiger partial charge in [-0.1, -0.05) is 147 Å². The second-order valence-electron chi connectivity index (χ2n) is 17.7. The number of aromatic nitrogens is 2. The predicted octanol–water partition coefficient (Wildman–Crippen LogP) is 16.5. The van der Waals surface area contributed by atoms with Crippen LogP contribution in [0.25, 0.3) is 37.6 Å². The summed E-state index contributed by atoms with van der Waals surface area (Å²) in [5.41, 5.74) is 16.4. The molecule has 0 bridgehead atoms. The highest BCUT2D eigenvalue weighted by Gasteiger charge is 2.45. The summed E-state index contributed by atoms with van der Waals surface area (Å²) < 4.78 is 0. The van der Waals surface area contributed by atoms with Gasteiger partial charge in [-0.3, -0.25) is 0 Å². The van der Waals surface area contributed by atoms with Gasteiger partial charge in [0.25, 0.3) is 0 Å². The zero-order chi connectivity index (χ0) is 45.3. The Kier molecular flexibility index (Phi) is 11.0. The quantitative estimate of drug-likeness (QED) is 0.128.